The van der Waals surface area contributed by atoms with E-state index >= 15 is 0 Å². The second kappa shape index (κ2) is 8.20. The standard InChI is InChI=1S/C18H26N4O3S/c1-3-19-12-15-8-10-21(11-9-15)26(23,24)16-13-20-22(14-16)17-6-4-5-7-18(17)25-2/h4-7,13-15,19H,3,8-12H2,1-2H3. The fourth-order valence-corrected chi connectivity index (χ4v) is 4.64. The van der Waals surface area contributed by atoms with E-state index in [9.17, 15) is 8.42 Å². The number of hydrogen-bond donors (Lipinski definition) is 1. The van der Waals surface area contributed by atoms with Gasteiger partial charge >= 0.3 is 0 Å². The van der Waals surface area contributed by atoms with Crippen LogP contribution in [-0.2, 0) is 10.0 Å². The first-order valence-electron chi connectivity index (χ1n) is 8.95. The van der Waals surface area contributed by atoms with Crippen LogP contribution in [-0.4, -0.2) is 55.8 Å². The first-order valence-corrected chi connectivity index (χ1v) is 10.4. The maximum Gasteiger partial charge on any atom is 0.246 e. The van der Waals surface area contributed by atoms with Gasteiger partial charge in [-0.05, 0) is 44.0 Å². The number of para-hydroxylation sites is 2. The van der Waals surface area contributed by atoms with Gasteiger partial charge in [-0.25, -0.2) is 13.1 Å². The van der Waals surface area contributed by atoms with Crippen molar-refractivity contribution in [1.29, 1.82) is 0 Å². The summed E-state index contributed by atoms with van der Waals surface area (Å²) in [6.45, 7) is 5.09. The Kier molecular flexibility index (Phi) is 5.95. The van der Waals surface area contributed by atoms with Crippen molar-refractivity contribution in [3.63, 3.8) is 0 Å². The Bertz CT molecular complexity index is 826. The number of hydrogen-bond acceptors (Lipinski definition) is 5. The highest BCUT2D eigenvalue weighted by atomic mass is 32.2. The molecule has 0 radical (unpaired) electrons. The van der Waals surface area contributed by atoms with Gasteiger partial charge in [-0.3, -0.25) is 0 Å². The van der Waals surface area contributed by atoms with Gasteiger partial charge in [-0.15, -0.1) is 0 Å². The van der Waals surface area contributed by atoms with Gasteiger partial charge in [0, 0.05) is 13.1 Å². The van der Waals surface area contributed by atoms with Crippen LogP contribution < -0.4 is 10.1 Å². The quantitative estimate of drug-likeness (QED) is 0.796. The maximum absolute atomic E-state index is 12.9. The number of rotatable bonds is 7. The minimum absolute atomic E-state index is 0.216. The number of nitrogens with one attached hydrogen (secondary N) is 1. The number of ether oxygens (including phenoxy) is 1. The lowest BCUT2D eigenvalue weighted by Crippen LogP contribution is -2.40. The van der Waals surface area contributed by atoms with E-state index in [1.54, 1.807) is 22.3 Å². The van der Waals surface area contributed by atoms with E-state index in [0.29, 0.717) is 30.4 Å². The van der Waals surface area contributed by atoms with E-state index in [-0.39, 0.29) is 4.90 Å². The van der Waals surface area contributed by atoms with Crippen LogP contribution >= 0.6 is 0 Å². The summed E-state index contributed by atoms with van der Waals surface area (Å²) in [6.07, 6.45) is 4.73. The van der Waals surface area contributed by atoms with E-state index in [1.165, 1.54) is 6.20 Å². The molecule has 2 heterocycles. The molecule has 142 valence electrons. The van der Waals surface area contributed by atoms with E-state index in [1.807, 2.05) is 24.3 Å². The Hall–Kier alpha value is -1.90. The van der Waals surface area contributed by atoms with Gasteiger partial charge in [-0.1, -0.05) is 19.1 Å². The molecule has 0 spiro atoms. The van der Waals surface area contributed by atoms with E-state index < -0.39 is 10.0 Å². The fourth-order valence-electron chi connectivity index (χ4n) is 3.24. The topological polar surface area (TPSA) is 76.5 Å². The lowest BCUT2D eigenvalue weighted by atomic mass is 9.98. The van der Waals surface area contributed by atoms with Crippen molar-refractivity contribution in [2.24, 2.45) is 5.92 Å². The third-order valence-electron chi connectivity index (χ3n) is 4.79. The van der Waals surface area contributed by atoms with Crippen LogP contribution in [0.5, 0.6) is 5.75 Å². The zero-order chi connectivity index (χ0) is 18.6. The predicted octanol–water partition coefficient (Wildman–Crippen LogP) is 1.89. The van der Waals surface area contributed by atoms with E-state index in [2.05, 4.69) is 17.3 Å². The minimum atomic E-state index is -3.52. The second-order valence-electron chi connectivity index (χ2n) is 6.45. The fraction of sp³-hybridized carbons (Fsp3) is 0.500. The van der Waals surface area contributed by atoms with Crippen molar-refractivity contribution >= 4 is 10.0 Å². The number of benzene rings is 1. The Morgan fingerprint density at radius 3 is 2.69 bits per heavy atom. The van der Waals surface area contributed by atoms with Crippen LogP contribution in [0.15, 0.2) is 41.6 Å². The van der Waals surface area contributed by atoms with Crippen molar-refractivity contribution in [3.05, 3.63) is 36.7 Å². The van der Waals surface area contributed by atoms with E-state index in [4.69, 9.17) is 4.74 Å². The molecule has 3 rings (SSSR count). The van der Waals surface area contributed by atoms with Crippen LogP contribution in [0, 0.1) is 5.92 Å². The highest BCUT2D eigenvalue weighted by molar-refractivity contribution is 7.89. The third kappa shape index (κ3) is 3.92. The molecule has 26 heavy (non-hydrogen) atoms. The molecule has 0 saturated carbocycles. The summed E-state index contributed by atoms with van der Waals surface area (Å²) < 4.78 is 34.3. The predicted molar refractivity (Wildman–Crippen MR) is 100 cm³/mol. The van der Waals surface area contributed by atoms with Crippen molar-refractivity contribution in [2.75, 3.05) is 33.3 Å². The maximum atomic E-state index is 12.9. The molecule has 0 atom stereocenters. The van der Waals surface area contributed by atoms with E-state index in [0.717, 1.165) is 25.9 Å². The lowest BCUT2D eigenvalue weighted by Gasteiger charge is -2.30. The number of piperidine rings is 1. The molecule has 8 heteroatoms. The van der Waals surface area contributed by atoms with Crippen LogP contribution in [0.2, 0.25) is 0 Å². The van der Waals surface area contributed by atoms with Crippen molar-refractivity contribution in [2.45, 2.75) is 24.7 Å². The molecule has 0 amide bonds. The van der Waals surface area contributed by atoms with Crippen molar-refractivity contribution in [1.82, 2.24) is 19.4 Å². The lowest BCUT2D eigenvalue weighted by molar-refractivity contribution is 0.268. The van der Waals surface area contributed by atoms with Crippen LogP contribution in [0.1, 0.15) is 19.8 Å². The van der Waals surface area contributed by atoms with Crippen molar-refractivity contribution in [3.8, 4) is 11.4 Å². The number of nitrogens with zero attached hydrogens (tertiary/aromatic N) is 3. The van der Waals surface area contributed by atoms with Gasteiger partial charge in [0.05, 0.1) is 19.5 Å². The summed E-state index contributed by atoms with van der Waals surface area (Å²) in [5.41, 5.74) is 0.709. The zero-order valence-corrected chi connectivity index (χ0v) is 16.1. The number of methoxy groups -OCH3 is 1. The van der Waals surface area contributed by atoms with Crippen molar-refractivity contribution < 1.29 is 13.2 Å². The van der Waals surface area contributed by atoms with Gasteiger partial charge in [0.25, 0.3) is 0 Å². The van der Waals surface area contributed by atoms with Crippen LogP contribution in [0.25, 0.3) is 5.69 Å². The van der Waals surface area contributed by atoms with Crippen LogP contribution in [0.3, 0.4) is 0 Å². The minimum Gasteiger partial charge on any atom is -0.494 e. The first kappa shape index (κ1) is 18.9. The molecule has 1 aliphatic rings. The summed E-state index contributed by atoms with van der Waals surface area (Å²) in [7, 11) is -1.94. The SMILES string of the molecule is CCNCC1CCN(S(=O)(=O)c2cnn(-c3ccccc3OC)c2)CC1. The summed E-state index contributed by atoms with van der Waals surface area (Å²) in [5, 5.41) is 7.57. The molecule has 1 aromatic heterocycles. The average Bonchev–Trinajstić information content (AvgIpc) is 3.17. The molecule has 7 nitrogen and oxygen atoms in total. The molecule has 1 aromatic carbocycles. The average molecular weight is 378 g/mol. The summed E-state index contributed by atoms with van der Waals surface area (Å²) in [5.74, 6) is 1.18. The molecular weight excluding hydrogens is 352 g/mol. The molecule has 1 saturated heterocycles. The highest BCUT2D eigenvalue weighted by Crippen LogP contribution is 2.26. The Morgan fingerprint density at radius 2 is 2.00 bits per heavy atom. The second-order valence-corrected chi connectivity index (χ2v) is 8.39. The molecule has 0 aliphatic carbocycles. The monoisotopic (exact) mass is 378 g/mol. The van der Waals surface area contributed by atoms with Gasteiger partial charge in [-0.2, -0.15) is 9.40 Å². The first-order chi connectivity index (χ1) is 12.6. The van der Waals surface area contributed by atoms with Gasteiger partial charge in [0.1, 0.15) is 16.3 Å². The molecule has 0 unspecified atom stereocenters. The molecule has 2 aromatic rings. The molecule has 1 N–H and O–H groups in total. The Balaban J connectivity index is 1.74. The molecule has 1 aliphatic heterocycles. The van der Waals surface area contributed by atoms with Gasteiger partial charge < -0.3 is 10.1 Å². The summed E-state index contributed by atoms with van der Waals surface area (Å²) >= 11 is 0. The van der Waals surface area contributed by atoms with Gasteiger partial charge in [0.2, 0.25) is 10.0 Å². The highest BCUT2D eigenvalue weighted by Gasteiger charge is 2.30. The largest absolute Gasteiger partial charge is 0.494 e. The Labute approximate surface area is 155 Å². The molecule has 1 fully saturated rings. The molecule has 0 bridgehead atoms. The smallest absolute Gasteiger partial charge is 0.246 e. The summed E-state index contributed by atoms with van der Waals surface area (Å²) in [4.78, 5) is 0.216. The number of sulfonamides is 1. The third-order valence-corrected chi connectivity index (χ3v) is 6.64. The Morgan fingerprint density at radius 1 is 1.27 bits per heavy atom. The molecular formula is C18H26N4O3S. The zero-order valence-electron chi connectivity index (χ0n) is 15.3. The summed E-state index contributed by atoms with van der Waals surface area (Å²) in [6, 6.07) is 7.39. The van der Waals surface area contributed by atoms with Gasteiger partial charge in [0.15, 0.2) is 0 Å². The normalized spacial score (nSPS) is 16.7. The number of aromatic nitrogens is 2. The van der Waals surface area contributed by atoms with Crippen LogP contribution in [0.4, 0.5) is 0 Å².